The lowest BCUT2D eigenvalue weighted by molar-refractivity contribution is 0.0936. The molecule has 5 nitrogen and oxygen atoms in total. The van der Waals surface area contributed by atoms with Gasteiger partial charge < -0.3 is 10.2 Å². The van der Waals surface area contributed by atoms with Crippen LogP contribution < -0.4 is 5.32 Å². The molecule has 1 atom stereocenters. The third kappa shape index (κ3) is 4.85. The quantitative estimate of drug-likeness (QED) is 0.852. The Hall–Kier alpha value is -1.98. The number of benzene rings is 1. The number of piperazine rings is 1. The van der Waals surface area contributed by atoms with Crippen molar-refractivity contribution in [2.24, 2.45) is 0 Å². The molecule has 0 saturated carbocycles. The van der Waals surface area contributed by atoms with Crippen molar-refractivity contribution in [3.05, 3.63) is 41.1 Å². The van der Waals surface area contributed by atoms with Crippen LogP contribution >= 0.6 is 0 Å². The number of nitrogens with one attached hydrogen (secondary N) is 1. The summed E-state index contributed by atoms with van der Waals surface area (Å²) in [5.74, 6) is 0.00401. The number of amides is 1. The highest BCUT2D eigenvalue weighted by Crippen LogP contribution is 2.20. The maximum atomic E-state index is 12.9. The first-order valence-corrected chi connectivity index (χ1v) is 10.1. The Morgan fingerprint density at radius 3 is 2.67 bits per heavy atom. The van der Waals surface area contributed by atoms with E-state index in [1.807, 2.05) is 19.1 Å². The maximum absolute atomic E-state index is 12.9. The summed E-state index contributed by atoms with van der Waals surface area (Å²) in [7, 11) is 2.17. The number of fused-ring (bicyclic) bond motifs is 1. The van der Waals surface area contributed by atoms with Gasteiger partial charge in [-0.2, -0.15) is 0 Å². The number of aryl methyl sites for hydroxylation is 2. The molecular formula is C22H32N4O. The van der Waals surface area contributed by atoms with Crippen molar-refractivity contribution in [2.45, 2.75) is 39.7 Å². The lowest BCUT2D eigenvalue weighted by Crippen LogP contribution is -2.48. The van der Waals surface area contributed by atoms with Crippen molar-refractivity contribution in [3.8, 4) is 0 Å². The fourth-order valence-electron chi connectivity index (χ4n) is 3.75. The lowest BCUT2D eigenvalue weighted by atomic mass is 10.0. The molecule has 0 aliphatic carbocycles. The van der Waals surface area contributed by atoms with Crippen LogP contribution in [0.15, 0.2) is 24.3 Å². The van der Waals surface area contributed by atoms with E-state index in [9.17, 15) is 4.79 Å². The largest absolute Gasteiger partial charge is 0.352 e. The van der Waals surface area contributed by atoms with E-state index in [0.717, 1.165) is 61.2 Å². The maximum Gasteiger partial charge on any atom is 0.252 e. The van der Waals surface area contributed by atoms with Gasteiger partial charge in [0.2, 0.25) is 0 Å². The topological polar surface area (TPSA) is 48.5 Å². The van der Waals surface area contributed by atoms with Crippen LogP contribution in [0, 0.1) is 6.92 Å². The predicted octanol–water partition coefficient (Wildman–Crippen LogP) is 2.86. The van der Waals surface area contributed by atoms with Gasteiger partial charge in [-0.05, 0) is 57.5 Å². The molecule has 2 heterocycles. The Labute approximate surface area is 162 Å². The molecule has 1 aromatic carbocycles. The van der Waals surface area contributed by atoms with E-state index >= 15 is 0 Å². The summed E-state index contributed by atoms with van der Waals surface area (Å²) in [6, 6.07) is 8.60. The molecule has 5 heteroatoms. The summed E-state index contributed by atoms with van der Waals surface area (Å²) in [5, 5.41) is 4.08. The number of carbonyl (C=O) groups excluding carboxylic acids is 1. The fourth-order valence-corrected chi connectivity index (χ4v) is 3.75. The van der Waals surface area contributed by atoms with E-state index in [2.05, 4.69) is 53.1 Å². The Balaban J connectivity index is 1.64. The zero-order valence-electron chi connectivity index (χ0n) is 17.1. The number of carbonyl (C=O) groups is 1. The number of aromatic nitrogens is 1. The van der Waals surface area contributed by atoms with Crippen LogP contribution in [0.25, 0.3) is 10.9 Å². The van der Waals surface area contributed by atoms with E-state index < -0.39 is 0 Å². The van der Waals surface area contributed by atoms with E-state index in [-0.39, 0.29) is 5.91 Å². The van der Waals surface area contributed by atoms with Gasteiger partial charge in [-0.25, -0.2) is 0 Å². The Morgan fingerprint density at radius 1 is 1.22 bits per heavy atom. The van der Waals surface area contributed by atoms with Crippen molar-refractivity contribution in [1.82, 2.24) is 20.1 Å². The molecule has 0 spiro atoms. The standard InChI is InChI=1S/C22H32N4O/c1-5-18-6-7-21-19(15-18)20(14-16(2)24-21)22(27)23-9-8-17(3)26-12-10-25(4)11-13-26/h6-7,14-15,17H,5,8-13H2,1-4H3,(H,23,27)/t17-/m1/s1. The number of nitrogens with zero attached hydrogens (tertiary/aromatic N) is 3. The molecule has 146 valence electrons. The minimum absolute atomic E-state index is 0.00401. The van der Waals surface area contributed by atoms with Gasteiger partial charge in [-0.3, -0.25) is 14.7 Å². The highest BCUT2D eigenvalue weighted by molar-refractivity contribution is 6.06. The SMILES string of the molecule is CCc1ccc2nc(C)cc(C(=O)NCC[C@@H](C)N3CCN(C)CC3)c2c1. The summed E-state index contributed by atoms with van der Waals surface area (Å²) in [4.78, 5) is 22.3. The van der Waals surface area contributed by atoms with E-state index in [4.69, 9.17) is 0 Å². The molecule has 0 unspecified atom stereocenters. The molecule has 3 rings (SSSR count). The lowest BCUT2D eigenvalue weighted by Gasteiger charge is -2.36. The summed E-state index contributed by atoms with van der Waals surface area (Å²) in [6.45, 7) is 11.5. The zero-order chi connectivity index (χ0) is 19.4. The minimum atomic E-state index is 0.00401. The van der Waals surface area contributed by atoms with Crippen LogP contribution in [0.2, 0.25) is 0 Å². The van der Waals surface area contributed by atoms with Crippen molar-refractivity contribution in [3.63, 3.8) is 0 Å². The average Bonchev–Trinajstić information content (AvgIpc) is 2.67. The Morgan fingerprint density at radius 2 is 1.96 bits per heavy atom. The summed E-state index contributed by atoms with van der Waals surface area (Å²) in [5.41, 5.74) is 3.73. The van der Waals surface area contributed by atoms with Crippen molar-refractivity contribution >= 4 is 16.8 Å². The van der Waals surface area contributed by atoms with Gasteiger partial charge in [0, 0.05) is 49.8 Å². The number of hydrogen-bond donors (Lipinski definition) is 1. The normalized spacial score (nSPS) is 17.2. The highest BCUT2D eigenvalue weighted by Gasteiger charge is 2.19. The van der Waals surface area contributed by atoms with Crippen LogP contribution in [0.1, 0.15) is 41.9 Å². The smallest absolute Gasteiger partial charge is 0.252 e. The third-order valence-corrected chi connectivity index (χ3v) is 5.66. The second-order valence-corrected chi connectivity index (χ2v) is 7.75. The average molecular weight is 369 g/mol. The first-order chi connectivity index (χ1) is 13.0. The number of hydrogen-bond acceptors (Lipinski definition) is 4. The predicted molar refractivity (Wildman–Crippen MR) is 111 cm³/mol. The monoisotopic (exact) mass is 368 g/mol. The first kappa shape index (κ1) is 19.8. The molecule has 0 radical (unpaired) electrons. The second kappa shape index (κ2) is 8.81. The Kier molecular flexibility index (Phi) is 6.45. The van der Waals surface area contributed by atoms with Gasteiger partial charge in [0.05, 0.1) is 11.1 Å². The van der Waals surface area contributed by atoms with E-state index in [0.29, 0.717) is 12.6 Å². The fraction of sp³-hybridized carbons (Fsp3) is 0.545. The van der Waals surface area contributed by atoms with Crippen LogP contribution in [0.3, 0.4) is 0 Å². The molecular weight excluding hydrogens is 336 g/mol. The van der Waals surface area contributed by atoms with E-state index in [1.54, 1.807) is 0 Å². The molecule has 1 N–H and O–H groups in total. The Bertz CT molecular complexity index is 796. The summed E-state index contributed by atoms with van der Waals surface area (Å²) >= 11 is 0. The zero-order valence-corrected chi connectivity index (χ0v) is 17.1. The number of likely N-dealkylation sites (N-methyl/N-ethyl adjacent to an activating group) is 1. The van der Waals surface area contributed by atoms with Gasteiger partial charge >= 0.3 is 0 Å². The van der Waals surface area contributed by atoms with Gasteiger partial charge in [-0.1, -0.05) is 13.0 Å². The molecule has 1 saturated heterocycles. The minimum Gasteiger partial charge on any atom is -0.352 e. The first-order valence-electron chi connectivity index (χ1n) is 10.1. The number of rotatable bonds is 6. The van der Waals surface area contributed by atoms with Gasteiger partial charge in [0.25, 0.3) is 5.91 Å². The third-order valence-electron chi connectivity index (χ3n) is 5.66. The van der Waals surface area contributed by atoms with Crippen LogP contribution in [-0.4, -0.2) is 66.5 Å². The molecule has 0 bridgehead atoms. The summed E-state index contributed by atoms with van der Waals surface area (Å²) < 4.78 is 0. The molecule has 1 fully saturated rings. The van der Waals surface area contributed by atoms with Crippen molar-refractivity contribution in [2.75, 3.05) is 39.8 Å². The van der Waals surface area contributed by atoms with Crippen LogP contribution in [0.4, 0.5) is 0 Å². The molecule has 27 heavy (non-hydrogen) atoms. The molecule has 2 aromatic rings. The van der Waals surface area contributed by atoms with Gasteiger partial charge in [0.1, 0.15) is 0 Å². The number of pyridine rings is 1. The van der Waals surface area contributed by atoms with Crippen LogP contribution in [-0.2, 0) is 6.42 Å². The molecule has 1 aliphatic heterocycles. The van der Waals surface area contributed by atoms with Gasteiger partial charge in [0.15, 0.2) is 0 Å². The molecule has 1 aromatic heterocycles. The van der Waals surface area contributed by atoms with Gasteiger partial charge in [-0.15, -0.1) is 0 Å². The second-order valence-electron chi connectivity index (χ2n) is 7.75. The molecule has 1 amide bonds. The molecule has 1 aliphatic rings. The highest BCUT2D eigenvalue weighted by atomic mass is 16.1. The van der Waals surface area contributed by atoms with E-state index in [1.165, 1.54) is 5.56 Å². The van der Waals surface area contributed by atoms with Crippen LogP contribution in [0.5, 0.6) is 0 Å². The van der Waals surface area contributed by atoms with Crippen molar-refractivity contribution in [1.29, 1.82) is 0 Å². The van der Waals surface area contributed by atoms with Crippen molar-refractivity contribution < 1.29 is 4.79 Å². The summed E-state index contributed by atoms with van der Waals surface area (Å²) in [6.07, 6.45) is 1.92.